The Morgan fingerprint density at radius 3 is 2.76 bits per heavy atom. The number of thioether (sulfide) groups is 1. The number of likely N-dealkylation sites (tertiary alicyclic amines) is 1. The molecule has 2 fully saturated rings. The molecule has 1 saturated carbocycles. The fourth-order valence-corrected chi connectivity index (χ4v) is 4.84. The van der Waals surface area contributed by atoms with Crippen LogP contribution in [0.3, 0.4) is 0 Å². The summed E-state index contributed by atoms with van der Waals surface area (Å²) >= 11 is 1.42. The number of tetrazole rings is 1. The van der Waals surface area contributed by atoms with Crippen molar-refractivity contribution < 1.29 is 4.79 Å². The summed E-state index contributed by atoms with van der Waals surface area (Å²) in [5.41, 5.74) is 0.908. The lowest BCUT2D eigenvalue weighted by molar-refractivity contribution is -0.131. The van der Waals surface area contributed by atoms with Crippen LogP contribution < -0.4 is 0 Å². The zero-order valence-electron chi connectivity index (χ0n) is 14.3. The van der Waals surface area contributed by atoms with E-state index in [-0.39, 0.29) is 5.91 Å². The minimum absolute atomic E-state index is 0.205. The van der Waals surface area contributed by atoms with E-state index in [1.807, 2.05) is 30.3 Å². The van der Waals surface area contributed by atoms with E-state index < -0.39 is 0 Å². The van der Waals surface area contributed by atoms with Gasteiger partial charge in [-0.25, -0.2) is 0 Å². The zero-order valence-corrected chi connectivity index (χ0v) is 15.1. The standard InChI is InChI=1S/C18H23N5OS/c24-17(22-11-10-14-6-4-5-7-15(14)12-22)13-25-18-19-20-21-23(18)16-8-2-1-3-9-16/h1-3,8-9,14-15H,4-7,10-13H2/t14-,15-/m1/s1. The van der Waals surface area contributed by atoms with Gasteiger partial charge in [0.25, 0.3) is 0 Å². The molecule has 6 nitrogen and oxygen atoms in total. The first kappa shape index (κ1) is 16.6. The predicted octanol–water partition coefficient (Wildman–Crippen LogP) is 2.79. The highest BCUT2D eigenvalue weighted by Gasteiger charge is 2.32. The Bertz CT molecular complexity index is 719. The highest BCUT2D eigenvalue weighted by molar-refractivity contribution is 7.99. The van der Waals surface area contributed by atoms with Gasteiger partial charge in [0.2, 0.25) is 11.1 Å². The van der Waals surface area contributed by atoms with Crippen LogP contribution in [0.1, 0.15) is 32.1 Å². The Morgan fingerprint density at radius 1 is 1.12 bits per heavy atom. The van der Waals surface area contributed by atoms with Crippen molar-refractivity contribution in [2.45, 2.75) is 37.3 Å². The van der Waals surface area contributed by atoms with Crippen LogP contribution in [0.15, 0.2) is 35.5 Å². The van der Waals surface area contributed by atoms with Crippen LogP contribution in [-0.2, 0) is 4.79 Å². The molecule has 1 aliphatic carbocycles. The van der Waals surface area contributed by atoms with Crippen molar-refractivity contribution in [2.75, 3.05) is 18.8 Å². The first-order valence-corrected chi connectivity index (χ1v) is 10.0. The van der Waals surface area contributed by atoms with Gasteiger partial charge >= 0.3 is 0 Å². The van der Waals surface area contributed by atoms with Crippen molar-refractivity contribution in [3.8, 4) is 5.69 Å². The van der Waals surface area contributed by atoms with Crippen molar-refractivity contribution in [3.63, 3.8) is 0 Å². The van der Waals surface area contributed by atoms with Gasteiger partial charge in [-0.3, -0.25) is 4.79 Å². The molecule has 0 N–H and O–H groups in total. The minimum Gasteiger partial charge on any atom is -0.342 e. The molecule has 4 rings (SSSR count). The maximum Gasteiger partial charge on any atom is 0.233 e. The third-order valence-electron chi connectivity index (χ3n) is 5.41. The highest BCUT2D eigenvalue weighted by atomic mass is 32.2. The van der Waals surface area contributed by atoms with Crippen molar-refractivity contribution in [1.29, 1.82) is 0 Å². The molecular weight excluding hydrogens is 334 g/mol. The molecule has 1 aromatic carbocycles. The molecule has 2 atom stereocenters. The maximum atomic E-state index is 12.6. The Balaban J connectivity index is 1.36. The van der Waals surface area contributed by atoms with E-state index in [1.165, 1.54) is 43.9 Å². The fraction of sp³-hybridized carbons (Fsp3) is 0.556. The molecular formula is C18H23N5OS. The first-order chi connectivity index (χ1) is 12.3. The third kappa shape index (κ3) is 3.71. The number of hydrogen-bond donors (Lipinski definition) is 0. The number of nitrogens with zero attached hydrogens (tertiary/aromatic N) is 5. The SMILES string of the molecule is O=C(CSc1nnnn1-c1ccccc1)N1CC[C@H]2CCCC[C@@H]2C1. The predicted molar refractivity (Wildman–Crippen MR) is 96.5 cm³/mol. The molecule has 132 valence electrons. The third-order valence-corrected chi connectivity index (χ3v) is 6.31. The van der Waals surface area contributed by atoms with Crippen LogP contribution in [0.5, 0.6) is 0 Å². The molecule has 25 heavy (non-hydrogen) atoms. The maximum absolute atomic E-state index is 12.6. The Morgan fingerprint density at radius 2 is 1.92 bits per heavy atom. The lowest BCUT2D eigenvalue weighted by atomic mass is 9.75. The molecule has 1 saturated heterocycles. The average molecular weight is 357 g/mol. The van der Waals surface area contributed by atoms with Crippen LogP contribution in [0.25, 0.3) is 5.69 Å². The minimum atomic E-state index is 0.205. The van der Waals surface area contributed by atoms with E-state index in [0.717, 1.165) is 24.7 Å². The van der Waals surface area contributed by atoms with Gasteiger partial charge in [-0.1, -0.05) is 49.2 Å². The number of rotatable bonds is 4. The number of aromatic nitrogens is 4. The number of carbonyl (C=O) groups is 1. The molecule has 7 heteroatoms. The molecule has 1 aliphatic heterocycles. The van der Waals surface area contributed by atoms with Crippen LogP contribution in [0, 0.1) is 11.8 Å². The molecule has 0 radical (unpaired) electrons. The number of fused-ring (bicyclic) bond motifs is 1. The number of piperidine rings is 1. The highest BCUT2D eigenvalue weighted by Crippen LogP contribution is 2.36. The normalized spacial score (nSPS) is 23.3. The van der Waals surface area contributed by atoms with Gasteiger partial charge in [0.15, 0.2) is 0 Å². The Kier molecular flexibility index (Phi) is 5.01. The Hall–Kier alpha value is -1.89. The molecule has 2 aromatic rings. The first-order valence-electron chi connectivity index (χ1n) is 9.05. The summed E-state index contributed by atoms with van der Waals surface area (Å²) in [5, 5.41) is 12.5. The molecule has 0 spiro atoms. The van der Waals surface area contributed by atoms with Crippen molar-refractivity contribution in [1.82, 2.24) is 25.1 Å². The summed E-state index contributed by atoms with van der Waals surface area (Å²) in [4.78, 5) is 14.7. The molecule has 2 aliphatic rings. The van der Waals surface area contributed by atoms with Gasteiger partial charge in [0.05, 0.1) is 11.4 Å². The summed E-state index contributed by atoms with van der Waals surface area (Å²) in [6.07, 6.45) is 6.50. The summed E-state index contributed by atoms with van der Waals surface area (Å²) in [6, 6.07) is 9.77. The molecule has 1 aromatic heterocycles. The van der Waals surface area contributed by atoms with Crippen molar-refractivity contribution in [2.24, 2.45) is 11.8 Å². The number of hydrogen-bond acceptors (Lipinski definition) is 5. The fourth-order valence-electron chi connectivity index (χ4n) is 4.05. The number of benzene rings is 1. The quantitative estimate of drug-likeness (QED) is 0.787. The summed E-state index contributed by atoms with van der Waals surface area (Å²) < 4.78 is 1.69. The van der Waals surface area contributed by atoms with Gasteiger partial charge in [-0.2, -0.15) is 4.68 Å². The van der Waals surface area contributed by atoms with Gasteiger partial charge in [0.1, 0.15) is 0 Å². The lowest BCUT2D eigenvalue weighted by Gasteiger charge is -2.41. The van der Waals surface area contributed by atoms with Gasteiger partial charge < -0.3 is 4.90 Å². The molecule has 2 heterocycles. The van der Waals surface area contributed by atoms with E-state index in [9.17, 15) is 4.79 Å². The molecule has 0 bridgehead atoms. The number of amides is 1. The number of carbonyl (C=O) groups excluding carboxylic acids is 1. The average Bonchev–Trinajstić information content (AvgIpc) is 3.15. The van der Waals surface area contributed by atoms with Crippen LogP contribution in [0.2, 0.25) is 0 Å². The Labute approximate surface area is 152 Å². The van der Waals surface area contributed by atoms with Crippen LogP contribution in [0.4, 0.5) is 0 Å². The largest absolute Gasteiger partial charge is 0.342 e. The lowest BCUT2D eigenvalue weighted by Crippen LogP contribution is -2.45. The van der Waals surface area contributed by atoms with Crippen molar-refractivity contribution in [3.05, 3.63) is 30.3 Å². The van der Waals surface area contributed by atoms with Crippen LogP contribution >= 0.6 is 11.8 Å². The van der Waals surface area contributed by atoms with Gasteiger partial charge in [-0.15, -0.1) is 5.10 Å². The van der Waals surface area contributed by atoms with Gasteiger partial charge in [-0.05, 0) is 47.2 Å². The second-order valence-electron chi connectivity index (χ2n) is 6.93. The van der Waals surface area contributed by atoms with Gasteiger partial charge in [0, 0.05) is 13.1 Å². The second-order valence-corrected chi connectivity index (χ2v) is 7.87. The van der Waals surface area contributed by atoms with E-state index in [0.29, 0.717) is 16.8 Å². The number of para-hydroxylation sites is 1. The summed E-state index contributed by atoms with van der Waals surface area (Å²) in [7, 11) is 0. The van der Waals surface area contributed by atoms with Crippen LogP contribution in [-0.4, -0.2) is 49.9 Å². The summed E-state index contributed by atoms with van der Waals surface area (Å²) in [6.45, 7) is 1.85. The van der Waals surface area contributed by atoms with E-state index >= 15 is 0 Å². The second kappa shape index (κ2) is 7.56. The van der Waals surface area contributed by atoms with E-state index in [2.05, 4.69) is 20.4 Å². The smallest absolute Gasteiger partial charge is 0.233 e. The zero-order chi connectivity index (χ0) is 17.1. The van der Waals surface area contributed by atoms with E-state index in [4.69, 9.17) is 0 Å². The van der Waals surface area contributed by atoms with E-state index in [1.54, 1.807) is 4.68 Å². The topological polar surface area (TPSA) is 63.9 Å². The molecule has 0 unspecified atom stereocenters. The monoisotopic (exact) mass is 357 g/mol. The van der Waals surface area contributed by atoms with Crippen molar-refractivity contribution >= 4 is 17.7 Å². The summed E-state index contributed by atoms with van der Waals surface area (Å²) in [5.74, 6) is 2.16. The molecule has 1 amide bonds.